The number of nitrogens with one attached hydrogen (secondary N) is 1. The first kappa shape index (κ1) is 16.7. The number of ether oxygens (including phenoxy) is 1. The number of aromatic hydroxyl groups is 1. The minimum atomic E-state index is -0.935. The van der Waals surface area contributed by atoms with Crippen LogP contribution in [0.15, 0.2) is 59.7 Å². The number of piperidine rings is 1. The highest BCUT2D eigenvalue weighted by molar-refractivity contribution is 5.93. The molecule has 3 N–H and O–H groups in total. The molecule has 0 bridgehead atoms. The third kappa shape index (κ3) is 2.95. The van der Waals surface area contributed by atoms with Crippen LogP contribution in [-0.2, 0) is 4.79 Å². The van der Waals surface area contributed by atoms with Crippen LogP contribution in [-0.4, -0.2) is 34.9 Å². The van der Waals surface area contributed by atoms with Gasteiger partial charge in [0.2, 0.25) is 0 Å². The van der Waals surface area contributed by atoms with E-state index in [1.807, 2.05) is 18.2 Å². The van der Waals surface area contributed by atoms with Gasteiger partial charge in [0.1, 0.15) is 17.1 Å². The molecule has 1 aromatic rings. The number of carboxylic acid groups (broad SMARTS) is 1. The van der Waals surface area contributed by atoms with Crippen LogP contribution in [0.25, 0.3) is 5.57 Å². The number of carbonyl (C=O) groups is 1. The summed E-state index contributed by atoms with van der Waals surface area (Å²) in [5.41, 5.74) is 2.36. The fraction of sp³-hybridized carbons (Fsp3) is 0.286. The van der Waals surface area contributed by atoms with Gasteiger partial charge in [-0.2, -0.15) is 0 Å². The van der Waals surface area contributed by atoms with Gasteiger partial charge in [0.05, 0.1) is 11.1 Å². The zero-order valence-electron chi connectivity index (χ0n) is 14.4. The summed E-state index contributed by atoms with van der Waals surface area (Å²) in [7, 11) is 0. The van der Waals surface area contributed by atoms with Crippen molar-refractivity contribution in [1.82, 2.24) is 5.32 Å². The number of rotatable bonds is 2. The van der Waals surface area contributed by atoms with E-state index in [2.05, 4.69) is 11.4 Å². The molecule has 2 aliphatic heterocycles. The Hall–Kier alpha value is -2.79. The molecule has 4 rings (SSSR count). The van der Waals surface area contributed by atoms with Crippen molar-refractivity contribution in [3.8, 4) is 11.5 Å². The van der Waals surface area contributed by atoms with E-state index in [0.717, 1.165) is 37.1 Å². The van der Waals surface area contributed by atoms with Gasteiger partial charge in [-0.1, -0.05) is 24.3 Å². The molecule has 26 heavy (non-hydrogen) atoms. The highest BCUT2D eigenvalue weighted by Gasteiger charge is 2.38. The molecule has 0 aromatic heterocycles. The molecule has 0 atom stereocenters. The molecule has 1 aromatic carbocycles. The van der Waals surface area contributed by atoms with E-state index in [4.69, 9.17) is 4.74 Å². The van der Waals surface area contributed by atoms with Gasteiger partial charge in [0.25, 0.3) is 0 Å². The van der Waals surface area contributed by atoms with Gasteiger partial charge < -0.3 is 20.3 Å². The van der Waals surface area contributed by atoms with Crippen molar-refractivity contribution < 1.29 is 19.7 Å². The molecule has 3 aliphatic rings. The van der Waals surface area contributed by atoms with Crippen molar-refractivity contribution >= 4 is 11.5 Å². The van der Waals surface area contributed by atoms with Crippen LogP contribution in [0.2, 0.25) is 0 Å². The lowest BCUT2D eigenvalue weighted by Crippen LogP contribution is -2.46. The topological polar surface area (TPSA) is 78.8 Å². The zero-order chi connectivity index (χ0) is 18.1. The largest absolute Gasteiger partial charge is 0.507 e. The standard InChI is InChI=1S/C21H21NO4/c23-17-5-2-6-18-19(17)16(13-21(26-18)9-11-22-12-10-21)14-3-1-4-15(8-7-14)20(24)25/h2-8,13,22-23H,1,9-12H2,(H,24,25). The summed E-state index contributed by atoms with van der Waals surface area (Å²) < 4.78 is 6.32. The average Bonchev–Trinajstić information content (AvgIpc) is 2.88. The Kier molecular flexibility index (Phi) is 4.17. The Morgan fingerprint density at radius 1 is 1.15 bits per heavy atom. The Morgan fingerprint density at radius 2 is 1.96 bits per heavy atom. The van der Waals surface area contributed by atoms with Crippen molar-refractivity contribution in [3.05, 3.63) is 65.3 Å². The van der Waals surface area contributed by atoms with Crippen molar-refractivity contribution in [2.75, 3.05) is 13.1 Å². The Labute approximate surface area is 152 Å². The van der Waals surface area contributed by atoms with Gasteiger partial charge in [0, 0.05) is 12.8 Å². The van der Waals surface area contributed by atoms with E-state index in [-0.39, 0.29) is 11.3 Å². The fourth-order valence-electron chi connectivity index (χ4n) is 3.77. The number of hydrogen-bond donors (Lipinski definition) is 3. The summed E-state index contributed by atoms with van der Waals surface area (Å²) in [5.74, 6) is -0.0909. The Balaban J connectivity index is 1.81. The van der Waals surface area contributed by atoms with Crippen molar-refractivity contribution in [1.29, 1.82) is 0 Å². The van der Waals surface area contributed by atoms with E-state index in [9.17, 15) is 15.0 Å². The first-order chi connectivity index (χ1) is 12.6. The molecule has 0 saturated carbocycles. The van der Waals surface area contributed by atoms with Crippen LogP contribution in [0.5, 0.6) is 11.5 Å². The second-order valence-electron chi connectivity index (χ2n) is 6.82. The lowest BCUT2D eigenvalue weighted by molar-refractivity contribution is -0.132. The third-order valence-electron chi connectivity index (χ3n) is 5.12. The number of phenols is 1. The van der Waals surface area contributed by atoms with Gasteiger partial charge >= 0.3 is 5.97 Å². The molecule has 0 amide bonds. The van der Waals surface area contributed by atoms with Crippen LogP contribution in [0.3, 0.4) is 0 Å². The quantitative estimate of drug-likeness (QED) is 0.763. The van der Waals surface area contributed by atoms with Crippen molar-refractivity contribution in [3.63, 3.8) is 0 Å². The van der Waals surface area contributed by atoms with Gasteiger partial charge in [-0.3, -0.25) is 0 Å². The highest BCUT2D eigenvalue weighted by Crippen LogP contribution is 2.46. The molecule has 0 unspecified atom stereocenters. The maximum absolute atomic E-state index is 11.3. The summed E-state index contributed by atoms with van der Waals surface area (Å²) in [4.78, 5) is 11.3. The van der Waals surface area contributed by atoms with E-state index in [0.29, 0.717) is 17.7 Å². The van der Waals surface area contributed by atoms with Gasteiger partial charge in [0.15, 0.2) is 0 Å². The van der Waals surface area contributed by atoms with E-state index in [1.54, 1.807) is 24.3 Å². The first-order valence-corrected chi connectivity index (χ1v) is 8.85. The predicted octanol–water partition coefficient (Wildman–Crippen LogP) is 3.19. The summed E-state index contributed by atoms with van der Waals surface area (Å²) in [6.07, 6.45) is 11.5. The van der Waals surface area contributed by atoms with Crippen LogP contribution in [0, 0.1) is 0 Å². The number of phenolic OH excluding ortho intramolecular Hbond substituents is 1. The second-order valence-corrected chi connectivity index (χ2v) is 6.82. The maximum Gasteiger partial charge on any atom is 0.335 e. The Bertz CT molecular complexity index is 870. The molecule has 0 radical (unpaired) electrons. The monoisotopic (exact) mass is 351 g/mol. The van der Waals surface area contributed by atoms with Crippen LogP contribution in [0.1, 0.15) is 24.8 Å². The number of fused-ring (bicyclic) bond motifs is 1. The molecule has 1 spiro atoms. The summed E-state index contributed by atoms with van der Waals surface area (Å²) >= 11 is 0. The van der Waals surface area contributed by atoms with Gasteiger partial charge in [-0.15, -0.1) is 0 Å². The number of carboxylic acids is 1. The first-order valence-electron chi connectivity index (χ1n) is 8.85. The smallest absolute Gasteiger partial charge is 0.335 e. The highest BCUT2D eigenvalue weighted by atomic mass is 16.5. The van der Waals surface area contributed by atoms with Crippen molar-refractivity contribution in [2.45, 2.75) is 24.9 Å². The number of hydrogen-bond acceptors (Lipinski definition) is 4. The number of aliphatic carboxylic acids is 1. The molecule has 1 saturated heterocycles. The third-order valence-corrected chi connectivity index (χ3v) is 5.12. The molecule has 5 nitrogen and oxygen atoms in total. The predicted molar refractivity (Wildman–Crippen MR) is 99.1 cm³/mol. The number of benzene rings is 1. The van der Waals surface area contributed by atoms with E-state index in [1.165, 1.54) is 0 Å². The van der Waals surface area contributed by atoms with Gasteiger partial charge in [-0.25, -0.2) is 4.79 Å². The van der Waals surface area contributed by atoms with Crippen molar-refractivity contribution in [2.24, 2.45) is 0 Å². The van der Waals surface area contributed by atoms with Crippen LogP contribution >= 0.6 is 0 Å². The normalized spacial score (nSPS) is 21.0. The lowest BCUT2D eigenvalue weighted by Gasteiger charge is -2.40. The molecule has 5 heteroatoms. The van der Waals surface area contributed by atoms with Crippen LogP contribution < -0.4 is 10.1 Å². The lowest BCUT2D eigenvalue weighted by atomic mass is 9.82. The van der Waals surface area contributed by atoms with E-state index < -0.39 is 11.6 Å². The molecular formula is C21H21NO4. The minimum absolute atomic E-state index is 0.169. The minimum Gasteiger partial charge on any atom is -0.507 e. The SMILES string of the molecule is O=C(O)C1=CCC=C(C2=CC3(CCNCC3)Oc3cccc(O)c32)C=C1. The second kappa shape index (κ2) is 6.50. The molecule has 134 valence electrons. The van der Waals surface area contributed by atoms with E-state index >= 15 is 0 Å². The molecule has 2 heterocycles. The Morgan fingerprint density at radius 3 is 2.73 bits per heavy atom. The molecular weight excluding hydrogens is 330 g/mol. The molecule has 1 aliphatic carbocycles. The zero-order valence-corrected chi connectivity index (χ0v) is 14.4. The summed E-state index contributed by atoms with van der Waals surface area (Å²) in [5, 5.41) is 23.1. The maximum atomic E-state index is 11.3. The fourth-order valence-corrected chi connectivity index (χ4v) is 3.77. The number of allylic oxidation sites excluding steroid dienone is 5. The summed E-state index contributed by atoms with van der Waals surface area (Å²) in [6, 6.07) is 5.32. The average molecular weight is 351 g/mol. The molecule has 1 fully saturated rings. The summed E-state index contributed by atoms with van der Waals surface area (Å²) in [6.45, 7) is 1.75. The van der Waals surface area contributed by atoms with Gasteiger partial charge in [-0.05, 0) is 54.9 Å². The van der Waals surface area contributed by atoms with Crippen LogP contribution in [0.4, 0.5) is 0 Å².